The van der Waals surface area contributed by atoms with Crippen molar-refractivity contribution in [2.24, 2.45) is 5.73 Å². The van der Waals surface area contributed by atoms with E-state index in [2.05, 4.69) is 22.6 Å². The first-order valence-electron chi connectivity index (χ1n) is 4.20. The highest BCUT2D eigenvalue weighted by Crippen LogP contribution is 2.14. The molecule has 3 N–H and O–H groups in total. The van der Waals surface area contributed by atoms with Gasteiger partial charge in [-0.1, -0.05) is 18.2 Å². The molecule has 0 aliphatic carbocycles. The summed E-state index contributed by atoms with van der Waals surface area (Å²) in [6.45, 7) is 0.991. The van der Waals surface area contributed by atoms with Gasteiger partial charge in [0.05, 0.1) is 11.9 Å². The molecule has 1 atom stereocenters. The summed E-state index contributed by atoms with van der Waals surface area (Å²) < 4.78 is 0. The highest BCUT2D eigenvalue weighted by molar-refractivity contribution is 5.45. The molecule has 12 heavy (non-hydrogen) atoms. The van der Waals surface area contributed by atoms with Crippen molar-refractivity contribution >= 4 is 5.69 Å². The molecule has 1 fully saturated rings. The van der Waals surface area contributed by atoms with Gasteiger partial charge >= 0.3 is 0 Å². The van der Waals surface area contributed by atoms with E-state index in [-0.39, 0.29) is 6.17 Å². The second-order valence-electron chi connectivity index (χ2n) is 3.01. The molecule has 0 aromatic heterocycles. The number of nitrogens with zero attached hydrogens (tertiary/aromatic N) is 1. The molecule has 0 saturated carbocycles. The molecule has 64 valence electrons. The van der Waals surface area contributed by atoms with E-state index < -0.39 is 0 Å². The van der Waals surface area contributed by atoms with Crippen LogP contribution in [0.1, 0.15) is 6.42 Å². The number of nitrogens with two attached hydrogens (primary N) is 1. The van der Waals surface area contributed by atoms with E-state index in [1.165, 1.54) is 5.69 Å². The van der Waals surface area contributed by atoms with Crippen LogP contribution in [0.15, 0.2) is 30.3 Å². The molecule has 0 radical (unpaired) electrons. The number of nitrogens with one attached hydrogen (secondary N) is 1. The lowest BCUT2D eigenvalue weighted by atomic mass is 10.3. The zero-order chi connectivity index (χ0) is 8.39. The maximum Gasteiger partial charge on any atom is 0.0745 e. The van der Waals surface area contributed by atoms with Crippen molar-refractivity contribution < 1.29 is 0 Å². The Kier molecular flexibility index (Phi) is 1.98. The predicted octanol–water partition coefficient (Wildman–Crippen LogP) is 0.686. The third kappa shape index (κ3) is 1.42. The van der Waals surface area contributed by atoms with Crippen LogP contribution < -0.4 is 16.2 Å². The van der Waals surface area contributed by atoms with Crippen LogP contribution in [0, 0.1) is 0 Å². The number of para-hydroxylation sites is 1. The number of benzene rings is 1. The highest BCUT2D eigenvalue weighted by atomic mass is 15.6. The molecule has 1 aromatic carbocycles. The monoisotopic (exact) mass is 163 g/mol. The SMILES string of the molecule is NC1CCN(c2ccccc2)N1. The van der Waals surface area contributed by atoms with Crippen LogP contribution in [-0.4, -0.2) is 12.7 Å². The van der Waals surface area contributed by atoms with E-state index in [1.807, 2.05) is 18.2 Å². The fourth-order valence-electron chi connectivity index (χ4n) is 1.41. The molecule has 0 amide bonds. The van der Waals surface area contributed by atoms with Gasteiger partial charge in [-0.25, -0.2) is 5.43 Å². The van der Waals surface area contributed by atoms with Crippen LogP contribution in [0.3, 0.4) is 0 Å². The lowest BCUT2D eigenvalue weighted by Crippen LogP contribution is -2.39. The fraction of sp³-hybridized carbons (Fsp3) is 0.333. The van der Waals surface area contributed by atoms with Gasteiger partial charge in [0.15, 0.2) is 0 Å². The predicted molar refractivity (Wildman–Crippen MR) is 49.5 cm³/mol. The summed E-state index contributed by atoms with van der Waals surface area (Å²) in [5.41, 5.74) is 10.1. The summed E-state index contributed by atoms with van der Waals surface area (Å²) in [5, 5.41) is 2.09. The smallest absolute Gasteiger partial charge is 0.0745 e. The minimum Gasteiger partial charge on any atom is -0.314 e. The lowest BCUT2D eigenvalue weighted by Gasteiger charge is -2.18. The van der Waals surface area contributed by atoms with Crippen molar-refractivity contribution in [2.75, 3.05) is 11.6 Å². The van der Waals surface area contributed by atoms with E-state index in [0.717, 1.165) is 13.0 Å². The number of hydrogen-bond acceptors (Lipinski definition) is 3. The molecular weight excluding hydrogens is 150 g/mol. The molecule has 0 spiro atoms. The first kappa shape index (κ1) is 7.58. The van der Waals surface area contributed by atoms with Crippen LogP contribution in [0.25, 0.3) is 0 Å². The molecule has 1 heterocycles. The molecule has 0 bridgehead atoms. The quantitative estimate of drug-likeness (QED) is 0.640. The summed E-state index contributed by atoms with van der Waals surface area (Å²) in [4.78, 5) is 0. The van der Waals surface area contributed by atoms with Crippen molar-refractivity contribution in [1.29, 1.82) is 0 Å². The molecule has 1 saturated heterocycles. The van der Waals surface area contributed by atoms with Crippen molar-refractivity contribution in [1.82, 2.24) is 5.43 Å². The molecule has 3 heteroatoms. The Morgan fingerprint density at radius 1 is 1.33 bits per heavy atom. The van der Waals surface area contributed by atoms with Crippen LogP contribution in [0.2, 0.25) is 0 Å². The average molecular weight is 163 g/mol. The average Bonchev–Trinajstić information content (AvgIpc) is 2.54. The Labute approximate surface area is 72.1 Å². The van der Waals surface area contributed by atoms with Gasteiger partial charge in [-0.3, -0.25) is 0 Å². The van der Waals surface area contributed by atoms with Crippen molar-refractivity contribution in [3.63, 3.8) is 0 Å². The van der Waals surface area contributed by atoms with Gasteiger partial charge < -0.3 is 10.7 Å². The molecule has 1 aromatic rings. The Hall–Kier alpha value is -1.06. The summed E-state index contributed by atoms with van der Waals surface area (Å²) in [6, 6.07) is 10.2. The Balaban J connectivity index is 2.11. The number of hydrogen-bond donors (Lipinski definition) is 2. The van der Waals surface area contributed by atoms with Gasteiger partial charge in [0.1, 0.15) is 0 Å². The van der Waals surface area contributed by atoms with Crippen molar-refractivity contribution in [2.45, 2.75) is 12.6 Å². The van der Waals surface area contributed by atoms with Gasteiger partial charge in [-0.15, -0.1) is 0 Å². The topological polar surface area (TPSA) is 41.3 Å². The fourth-order valence-corrected chi connectivity index (χ4v) is 1.41. The van der Waals surface area contributed by atoms with Crippen LogP contribution in [0.4, 0.5) is 5.69 Å². The van der Waals surface area contributed by atoms with Crippen LogP contribution >= 0.6 is 0 Å². The maximum absolute atomic E-state index is 5.71. The minimum atomic E-state index is 0.116. The van der Waals surface area contributed by atoms with E-state index >= 15 is 0 Å². The summed E-state index contributed by atoms with van der Waals surface area (Å²) in [6.07, 6.45) is 1.12. The largest absolute Gasteiger partial charge is 0.314 e. The second kappa shape index (κ2) is 3.13. The van der Waals surface area contributed by atoms with E-state index in [0.29, 0.717) is 0 Å². The summed E-state index contributed by atoms with van der Waals surface area (Å²) in [5.74, 6) is 0. The van der Waals surface area contributed by atoms with E-state index in [9.17, 15) is 0 Å². The molecule has 2 rings (SSSR count). The third-order valence-electron chi connectivity index (χ3n) is 2.05. The molecule has 3 nitrogen and oxygen atoms in total. The van der Waals surface area contributed by atoms with Gasteiger partial charge in [-0.2, -0.15) is 0 Å². The Bertz CT molecular complexity index is 247. The minimum absolute atomic E-state index is 0.116. The number of hydrazine groups is 1. The lowest BCUT2D eigenvalue weighted by molar-refractivity contribution is 0.616. The Morgan fingerprint density at radius 2 is 2.08 bits per heavy atom. The summed E-state index contributed by atoms with van der Waals surface area (Å²) >= 11 is 0. The second-order valence-corrected chi connectivity index (χ2v) is 3.01. The van der Waals surface area contributed by atoms with Gasteiger partial charge in [-0.05, 0) is 18.6 Å². The van der Waals surface area contributed by atoms with Gasteiger partial charge in [0, 0.05) is 6.54 Å². The summed E-state index contributed by atoms with van der Waals surface area (Å²) in [7, 11) is 0. The van der Waals surface area contributed by atoms with E-state index in [1.54, 1.807) is 0 Å². The van der Waals surface area contributed by atoms with Crippen LogP contribution in [-0.2, 0) is 0 Å². The maximum atomic E-state index is 5.71. The standard InChI is InChI=1S/C9H13N3/c10-9-6-7-12(11-9)8-4-2-1-3-5-8/h1-5,9,11H,6-7,10H2. The molecule has 1 aliphatic rings. The van der Waals surface area contributed by atoms with E-state index in [4.69, 9.17) is 5.73 Å². The van der Waals surface area contributed by atoms with Crippen molar-refractivity contribution in [3.8, 4) is 0 Å². The van der Waals surface area contributed by atoms with Crippen LogP contribution in [0.5, 0.6) is 0 Å². The first-order chi connectivity index (χ1) is 5.86. The van der Waals surface area contributed by atoms with Crippen molar-refractivity contribution in [3.05, 3.63) is 30.3 Å². The first-order valence-corrected chi connectivity index (χ1v) is 4.20. The number of rotatable bonds is 1. The normalized spacial score (nSPS) is 23.1. The zero-order valence-corrected chi connectivity index (χ0v) is 6.90. The molecular formula is C9H13N3. The van der Waals surface area contributed by atoms with Gasteiger partial charge in [0.25, 0.3) is 0 Å². The molecule has 1 unspecified atom stereocenters. The Morgan fingerprint density at radius 3 is 2.67 bits per heavy atom. The molecule has 1 aliphatic heterocycles. The highest BCUT2D eigenvalue weighted by Gasteiger charge is 2.17. The zero-order valence-electron chi connectivity index (χ0n) is 6.90. The third-order valence-corrected chi connectivity index (χ3v) is 2.05. The number of anilines is 1. The van der Waals surface area contributed by atoms with Gasteiger partial charge in [0.2, 0.25) is 0 Å².